The van der Waals surface area contributed by atoms with E-state index in [0.29, 0.717) is 19.8 Å². The lowest BCUT2D eigenvalue weighted by Gasteiger charge is -2.30. The molecule has 5 aromatic carbocycles. The molecule has 0 heterocycles. The third kappa shape index (κ3) is 7.66. The van der Waals surface area contributed by atoms with Crippen molar-refractivity contribution in [2.75, 3.05) is 50.9 Å². The highest BCUT2D eigenvalue weighted by molar-refractivity contribution is 6.75. The van der Waals surface area contributed by atoms with Gasteiger partial charge >= 0.3 is 8.80 Å². The second-order valence-corrected chi connectivity index (χ2v) is 13.2. The van der Waals surface area contributed by atoms with Crippen LogP contribution in [-0.4, -0.2) is 50.0 Å². The lowest BCUT2D eigenvalue weighted by atomic mass is 10.1. The van der Waals surface area contributed by atoms with Crippen LogP contribution in [0.1, 0.15) is 20.8 Å². The molecule has 0 N–H and O–H groups in total. The van der Waals surface area contributed by atoms with Gasteiger partial charge in [-0.3, -0.25) is 0 Å². The summed E-state index contributed by atoms with van der Waals surface area (Å²) in [5.74, 6) is 2.39. The maximum Gasteiger partial charge on any atom is 0.537 e. The molecule has 48 heavy (non-hydrogen) atoms. The van der Waals surface area contributed by atoms with E-state index in [2.05, 4.69) is 94.7 Å². The van der Waals surface area contributed by atoms with E-state index < -0.39 is 8.80 Å². The van der Waals surface area contributed by atoms with Crippen molar-refractivity contribution in [1.29, 1.82) is 0 Å². The van der Waals surface area contributed by atoms with Gasteiger partial charge in [0, 0.05) is 59.1 Å². The first-order valence-electron chi connectivity index (χ1n) is 16.1. The van der Waals surface area contributed by atoms with Crippen LogP contribution in [0.3, 0.4) is 0 Å². The molecule has 9 heteroatoms. The summed E-state index contributed by atoms with van der Waals surface area (Å²) >= 11 is 0. The lowest BCUT2D eigenvalue weighted by molar-refractivity contribution is 0.0859. The number of hydrogen-bond acceptors (Lipinski definition) is 8. The molecule has 0 saturated carbocycles. The summed E-state index contributed by atoms with van der Waals surface area (Å²) < 4.78 is 34.8. The molecule has 8 nitrogen and oxygen atoms in total. The molecule has 0 aliphatic rings. The van der Waals surface area contributed by atoms with Crippen molar-refractivity contribution in [3.8, 4) is 17.2 Å². The van der Waals surface area contributed by atoms with Gasteiger partial charge in [-0.1, -0.05) is 12.1 Å². The number of methoxy groups -OCH3 is 3. The molecule has 250 valence electrons. The van der Waals surface area contributed by atoms with Crippen LogP contribution in [0.4, 0.5) is 34.1 Å². The predicted octanol–water partition coefficient (Wildman–Crippen LogP) is 8.91. The van der Waals surface area contributed by atoms with E-state index in [9.17, 15) is 0 Å². The first kappa shape index (κ1) is 34.5. The Balaban J connectivity index is 1.56. The van der Waals surface area contributed by atoms with Gasteiger partial charge in [0.05, 0.1) is 21.3 Å². The predicted molar refractivity (Wildman–Crippen MR) is 196 cm³/mol. The average Bonchev–Trinajstić information content (AvgIpc) is 3.14. The third-order valence-corrected chi connectivity index (χ3v) is 10.9. The molecule has 0 atom stereocenters. The number of nitrogens with zero attached hydrogens (tertiary/aromatic N) is 2. The van der Waals surface area contributed by atoms with E-state index in [1.165, 1.54) is 0 Å². The van der Waals surface area contributed by atoms with E-state index in [1.807, 2.05) is 57.2 Å². The van der Waals surface area contributed by atoms with Gasteiger partial charge in [0.1, 0.15) is 17.2 Å². The van der Waals surface area contributed by atoms with E-state index in [4.69, 9.17) is 27.5 Å². The maximum absolute atomic E-state index is 6.17. The van der Waals surface area contributed by atoms with Crippen LogP contribution in [0.5, 0.6) is 17.2 Å². The number of hydrogen-bond donors (Lipinski definition) is 0. The van der Waals surface area contributed by atoms with Crippen LogP contribution in [0.2, 0.25) is 0 Å². The SMILES string of the molecule is CCO[Si](OCC)(OCC)c1ccc(N(c2ccc(OC)cc2)c2ccc(N(c3ccc(OC)cc3)c3ccc(OC)cc3)cc2)cc1. The zero-order valence-electron chi connectivity index (χ0n) is 28.5. The third-order valence-electron chi connectivity index (χ3n) is 7.84. The van der Waals surface area contributed by atoms with E-state index in [0.717, 1.165) is 56.6 Å². The minimum absolute atomic E-state index is 0.502. The zero-order valence-corrected chi connectivity index (χ0v) is 29.5. The highest BCUT2D eigenvalue weighted by Crippen LogP contribution is 2.40. The average molecular weight is 665 g/mol. The number of benzene rings is 5. The normalized spacial score (nSPS) is 11.2. The van der Waals surface area contributed by atoms with Gasteiger partial charge < -0.3 is 37.3 Å². The molecule has 0 radical (unpaired) electrons. The molecule has 5 aromatic rings. The van der Waals surface area contributed by atoms with Crippen LogP contribution in [0.25, 0.3) is 0 Å². The van der Waals surface area contributed by atoms with Gasteiger partial charge in [0.25, 0.3) is 0 Å². The second kappa shape index (κ2) is 16.3. The molecule has 0 aliphatic heterocycles. The Morgan fingerprint density at radius 2 is 0.604 bits per heavy atom. The number of rotatable bonds is 16. The monoisotopic (exact) mass is 664 g/mol. The maximum atomic E-state index is 6.17. The fourth-order valence-electron chi connectivity index (χ4n) is 5.60. The number of anilines is 6. The Hall–Kier alpha value is -4.80. The van der Waals surface area contributed by atoms with E-state index in [1.54, 1.807) is 21.3 Å². The number of ether oxygens (including phenoxy) is 3. The first-order chi connectivity index (χ1) is 23.5. The molecule has 0 amide bonds. The highest BCUT2D eigenvalue weighted by Gasteiger charge is 2.43. The summed E-state index contributed by atoms with van der Waals surface area (Å²) in [4.78, 5) is 4.41. The molecule has 0 bridgehead atoms. The minimum Gasteiger partial charge on any atom is -0.497 e. The van der Waals surface area contributed by atoms with Crippen molar-refractivity contribution in [2.45, 2.75) is 20.8 Å². The van der Waals surface area contributed by atoms with Gasteiger partial charge in [-0.05, 0) is 130 Å². The summed E-state index contributed by atoms with van der Waals surface area (Å²) in [6.07, 6.45) is 0. The Morgan fingerprint density at radius 1 is 0.375 bits per heavy atom. The minimum atomic E-state index is -3.05. The molecule has 0 spiro atoms. The summed E-state index contributed by atoms with van der Waals surface area (Å²) in [5, 5.41) is 0.927. The van der Waals surface area contributed by atoms with Crippen molar-refractivity contribution in [2.24, 2.45) is 0 Å². The molecular weight excluding hydrogens is 621 g/mol. The van der Waals surface area contributed by atoms with Crippen molar-refractivity contribution >= 4 is 48.1 Å². The first-order valence-corrected chi connectivity index (χ1v) is 17.9. The van der Waals surface area contributed by atoms with Crippen molar-refractivity contribution in [3.63, 3.8) is 0 Å². The van der Waals surface area contributed by atoms with Crippen LogP contribution < -0.4 is 29.2 Å². The van der Waals surface area contributed by atoms with E-state index in [-0.39, 0.29) is 0 Å². The highest BCUT2D eigenvalue weighted by atomic mass is 28.4. The Kier molecular flexibility index (Phi) is 11.8. The zero-order chi connectivity index (χ0) is 33.9. The lowest BCUT2D eigenvalue weighted by Crippen LogP contribution is -2.56. The fraction of sp³-hybridized carbons (Fsp3) is 0.231. The van der Waals surface area contributed by atoms with Crippen LogP contribution in [0, 0.1) is 0 Å². The van der Waals surface area contributed by atoms with E-state index >= 15 is 0 Å². The van der Waals surface area contributed by atoms with Crippen molar-refractivity contribution < 1.29 is 27.5 Å². The molecule has 0 saturated heterocycles. The van der Waals surface area contributed by atoms with Gasteiger partial charge in [-0.25, -0.2) is 0 Å². The Labute approximate surface area is 285 Å². The van der Waals surface area contributed by atoms with Crippen LogP contribution >= 0.6 is 0 Å². The van der Waals surface area contributed by atoms with Crippen molar-refractivity contribution in [3.05, 3.63) is 121 Å². The molecule has 5 rings (SSSR count). The summed E-state index contributed by atoms with van der Waals surface area (Å²) in [5.41, 5.74) is 5.96. The second-order valence-electron chi connectivity index (χ2n) is 10.7. The largest absolute Gasteiger partial charge is 0.537 e. The standard InChI is InChI=1S/C39H44N2O6Si/c1-7-45-48(46-8-2,47-9-3)39-28-20-35(21-29-39)41(34-18-26-38(44-6)27-19-34)31-12-10-30(11-13-31)40(32-14-22-36(42-4)23-15-32)33-16-24-37(43-5)25-17-33/h10-29H,7-9H2,1-6H3. The topological polar surface area (TPSA) is 61.9 Å². The van der Waals surface area contributed by atoms with Gasteiger partial charge in [-0.15, -0.1) is 0 Å². The quantitative estimate of drug-likeness (QED) is 0.0970. The van der Waals surface area contributed by atoms with Crippen LogP contribution in [0.15, 0.2) is 121 Å². The molecular formula is C39H44N2O6Si. The molecule has 0 aliphatic carbocycles. The van der Waals surface area contributed by atoms with Crippen molar-refractivity contribution in [1.82, 2.24) is 0 Å². The smallest absolute Gasteiger partial charge is 0.497 e. The summed E-state index contributed by atoms with van der Waals surface area (Å²) in [6, 6.07) is 41.0. The van der Waals surface area contributed by atoms with Gasteiger partial charge in [0.2, 0.25) is 0 Å². The van der Waals surface area contributed by atoms with Gasteiger partial charge in [0.15, 0.2) is 0 Å². The Morgan fingerprint density at radius 3 is 0.833 bits per heavy atom. The molecule has 0 unspecified atom stereocenters. The molecule has 0 fully saturated rings. The van der Waals surface area contributed by atoms with Gasteiger partial charge in [-0.2, -0.15) is 0 Å². The summed E-state index contributed by atoms with van der Waals surface area (Å²) in [6.45, 7) is 7.40. The Bertz CT molecular complexity index is 1630. The fourth-order valence-corrected chi connectivity index (χ4v) is 8.06. The summed E-state index contributed by atoms with van der Waals surface area (Å²) in [7, 11) is 1.97. The molecule has 0 aromatic heterocycles. The van der Waals surface area contributed by atoms with Crippen LogP contribution in [-0.2, 0) is 13.3 Å².